The highest BCUT2D eigenvalue weighted by Crippen LogP contribution is 2.31. The molecule has 0 bridgehead atoms. The fourth-order valence-electron chi connectivity index (χ4n) is 2.73. The summed E-state index contributed by atoms with van der Waals surface area (Å²) in [6, 6.07) is 2.13. The van der Waals surface area contributed by atoms with E-state index >= 15 is 0 Å². The Balaban J connectivity index is 1.95. The first-order valence-corrected chi connectivity index (χ1v) is 8.56. The first kappa shape index (κ1) is 15.3. The number of pyridine rings is 1. The lowest BCUT2D eigenvalue weighted by molar-refractivity contribution is -0.160. The highest BCUT2D eigenvalue weighted by atomic mass is 32.2. The maximum atomic E-state index is 4.96. The van der Waals surface area contributed by atoms with Gasteiger partial charge in [-0.25, -0.2) is 10.5 Å². The molecule has 0 unspecified atom stereocenters. The van der Waals surface area contributed by atoms with Crippen molar-refractivity contribution >= 4 is 29.3 Å². The van der Waals surface area contributed by atoms with E-state index in [9.17, 15) is 0 Å². The van der Waals surface area contributed by atoms with Crippen LogP contribution in [0.2, 0.25) is 0 Å². The maximum Gasteiger partial charge on any atom is 0.176 e. The normalized spacial score (nSPS) is 17.2. The Morgan fingerprint density at radius 1 is 1.41 bits per heavy atom. The molecule has 0 saturated carbocycles. The molecule has 6 nitrogen and oxygen atoms in total. The highest BCUT2D eigenvalue weighted by molar-refractivity contribution is 7.93. The van der Waals surface area contributed by atoms with Crippen LogP contribution < -0.4 is 10.8 Å². The Labute approximate surface area is 134 Å². The third kappa shape index (κ3) is 3.26. The highest BCUT2D eigenvalue weighted by Gasteiger charge is 2.19. The maximum absolute atomic E-state index is 4.96. The minimum absolute atomic E-state index is 0.641. The molecule has 3 heterocycles. The van der Waals surface area contributed by atoms with Crippen LogP contribution in [0.4, 0.5) is 11.5 Å². The van der Waals surface area contributed by atoms with Crippen molar-refractivity contribution in [3.63, 3.8) is 0 Å². The van der Waals surface area contributed by atoms with Crippen LogP contribution in [0, 0.1) is 0 Å². The Hall–Kier alpha value is -1.57. The van der Waals surface area contributed by atoms with Gasteiger partial charge in [-0.2, -0.15) is 0 Å². The molecule has 0 spiro atoms. The second-order valence-electron chi connectivity index (χ2n) is 5.25. The molecule has 2 aliphatic rings. The first-order chi connectivity index (χ1) is 10.8. The zero-order valence-corrected chi connectivity index (χ0v) is 13.6. The summed E-state index contributed by atoms with van der Waals surface area (Å²) in [7, 11) is 0. The SMILES string of the molecule is CSOONc1nc(C2=NCCC=C2C)cc2c1NCCC2. The summed E-state index contributed by atoms with van der Waals surface area (Å²) in [5.74, 6) is 0.641. The van der Waals surface area contributed by atoms with Gasteiger partial charge in [0.05, 0.1) is 17.1 Å². The van der Waals surface area contributed by atoms with Gasteiger partial charge in [-0.1, -0.05) is 11.1 Å². The van der Waals surface area contributed by atoms with Crippen LogP contribution in [0.3, 0.4) is 0 Å². The van der Waals surface area contributed by atoms with Crippen LogP contribution in [0.25, 0.3) is 0 Å². The van der Waals surface area contributed by atoms with E-state index in [0.29, 0.717) is 5.82 Å². The molecule has 0 fully saturated rings. The van der Waals surface area contributed by atoms with Crippen molar-refractivity contribution in [2.45, 2.75) is 26.2 Å². The fourth-order valence-corrected chi connectivity index (χ4v) is 2.83. The lowest BCUT2D eigenvalue weighted by Gasteiger charge is -2.22. The predicted octanol–water partition coefficient (Wildman–Crippen LogP) is 3.13. The van der Waals surface area contributed by atoms with Crippen LogP contribution in [-0.2, 0) is 15.7 Å². The molecule has 22 heavy (non-hydrogen) atoms. The summed E-state index contributed by atoms with van der Waals surface area (Å²) < 4.78 is 4.83. The summed E-state index contributed by atoms with van der Waals surface area (Å²) in [5, 5.41) is 3.38. The molecule has 0 aliphatic carbocycles. The molecule has 0 atom stereocenters. The number of hydrogen-bond acceptors (Lipinski definition) is 7. The Morgan fingerprint density at radius 2 is 2.32 bits per heavy atom. The molecule has 0 radical (unpaired) electrons. The average Bonchev–Trinajstić information content (AvgIpc) is 2.55. The van der Waals surface area contributed by atoms with Crippen LogP contribution >= 0.6 is 12.0 Å². The molecule has 0 amide bonds. The van der Waals surface area contributed by atoms with E-state index < -0.39 is 0 Å². The lowest BCUT2D eigenvalue weighted by atomic mass is 9.99. The van der Waals surface area contributed by atoms with Crippen molar-refractivity contribution in [3.8, 4) is 0 Å². The van der Waals surface area contributed by atoms with E-state index in [1.807, 2.05) is 0 Å². The van der Waals surface area contributed by atoms with Crippen molar-refractivity contribution in [1.82, 2.24) is 4.98 Å². The van der Waals surface area contributed by atoms with E-state index in [1.54, 1.807) is 6.26 Å². The van der Waals surface area contributed by atoms with Crippen LogP contribution in [0.5, 0.6) is 0 Å². The smallest absolute Gasteiger partial charge is 0.176 e. The minimum atomic E-state index is 0.641. The zero-order valence-electron chi connectivity index (χ0n) is 12.8. The number of allylic oxidation sites excluding steroid dienone is 1. The molecule has 1 aromatic rings. The van der Waals surface area contributed by atoms with Crippen molar-refractivity contribution < 1.29 is 9.32 Å². The number of aryl methyl sites for hydroxylation is 1. The first-order valence-electron chi connectivity index (χ1n) is 7.41. The van der Waals surface area contributed by atoms with Gasteiger partial charge in [-0.3, -0.25) is 4.99 Å². The summed E-state index contributed by atoms with van der Waals surface area (Å²) in [4.78, 5) is 14.3. The van der Waals surface area contributed by atoms with E-state index in [4.69, 9.17) is 9.32 Å². The van der Waals surface area contributed by atoms with E-state index in [2.05, 4.69) is 39.8 Å². The van der Waals surface area contributed by atoms with Crippen molar-refractivity contribution in [2.75, 3.05) is 30.1 Å². The van der Waals surface area contributed by atoms with Gasteiger partial charge < -0.3 is 5.32 Å². The molecule has 118 valence electrons. The number of aromatic nitrogens is 1. The number of anilines is 2. The Bertz CT molecular complexity index is 616. The molecule has 2 aliphatic heterocycles. The summed E-state index contributed by atoms with van der Waals surface area (Å²) in [5.41, 5.74) is 8.01. The van der Waals surface area contributed by atoms with Crippen LogP contribution in [-0.4, -0.2) is 30.0 Å². The molecule has 2 N–H and O–H groups in total. The van der Waals surface area contributed by atoms with Crippen LogP contribution in [0.15, 0.2) is 22.7 Å². The number of nitrogens with one attached hydrogen (secondary N) is 2. The molecule has 3 rings (SSSR count). The van der Waals surface area contributed by atoms with Gasteiger partial charge in [0, 0.05) is 31.4 Å². The topological polar surface area (TPSA) is 67.8 Å². The van der Waals surface area contributed by atoms with Gasteiger partial charge in [0.25, 0.3) is 0 Å². The Morgan fingerprint density at radius 3 is 3.14 bits per heavy atom. The molecule has 7 heteroatoms. The molecule has 1 aromatic heterocycles. The monoisotopic (exact) mass is 320 g/mol. The minimum Gasteiger partial charge on any atom is -0.382 e. The standard InChI is InChI=1S/C15H20N4O2S/c1-10-5-3-7-16-13(10)12-9-11-6-4-8-17-14(11)15(18-12)19-20-21-22-2/h5,9,17H,3-4,6-8H2,1-2H3,(H,18,19). The largest absolute Gasteiger partial charge is 0.382 e. The fraction of sp³-hybridized carbons (Fsp3) is 0.467. The number of aliphatic imine (C=N–C) groups is 1. The second-order valence-corrected chi connectivity index (χ2v) is 5.72. The Kier molecular flexibility index (Phi) is 4.97. The summed E-state index contributed by atoms with van der Waals surface area (Å²) >= 11 is 1.13. The van der Waals surface area contributed by atoms with E-state index in [0.717, 1.165) is 61.5 Å². The van der Waals surface area contributed by atoms with Gasteiger partial charge in [-0.15, -0.1) is 4.33 Å². The molecular formula is C15H20N4O2S. The van der Waals surface area contributed by atoms with Crippen LogP contribution in [0.1, 0.15) is 31.0 Å². The van der Waals surface area contributed by atoms with Crippen molar-refractivity contribution in [1.29, 1.82) is 0 Å². The molecular weight excluding hydrogens is 300 g/mol. The van der Waals surface area contributed by atoms with E-state index in [-0.39, 0.29) is 0 Å². The predicted molar refractivity (Wildman–Crippen MR) is 90.1 cm³/mol. The van der Waals surface area contributed by atoms with Gasteiger partial charge in [-0.05, 0) is 43.4 Å². The number of fused-ring (bicyclic) bond motifs is 1. The third-order valence-corrected chi connectivity index (χ3v) is 3.94. The van der Waals surface area contributed by atoms with E-state index in [1.165, 1.54) is 11.1 Å². The quantitative estimate of drug-likeness (QED) is 0.376. The number of nitrogens with zero attached hydrogens (tertiary/aromatic N) is 2. The summed E-state index contributed by atoms with van der Waals surface area (Å²) in [6.45, 7) is 3.84. The number of rotatable bonds is 5. The summed E-state index contributed by atoms with van der Waals surface area (Å²) in [6.07, 6.45) is 7.12. The number of dihydropyridines is 1. The van der Waals surface area contributed by atoms with Crippen molar-refractivity contribution in [3.05, 3.63) is 29.0 Å². The molecule has 0 saturated heterocycles. The third-order valence-electron chi connectivity index (χ3n) is 3.73. The lowest BCUT2D eigenvalue weighted by Crippen LogP contribution is -2.19. The number of hydrogen-bond donors (Lipinski definition) is 2. The van der Waals surface area contributed by atoms with Gasteiger partial charge in [0.2, 0.25) is 0 Å². The molecule has 0 aromatic carbocycles. The van der Waals surface area contributed by atoms with Crippen molar-refractivity contribution in [2.24, 2.45) is 4.99 Å². The average molecular weight is 320 g/mol. The second kappa shape index (κ2) is 7.13. The van der Waals surface area contributed by atoms with Gasteiger partial charge in [0.15, 0.2) is 5.82 Å². The van der Waals surface area contributed by atoms with Gasteiger partial charge >= 0.3 is 0 Å². The van der Waals surface area contributed by atoms with Gasteiger partial charge in [0.1, 0.15) is 0 Å². The zero-order chi connectivity index (χ0) is 15.4.